The maximum Gasteiger partial charge on any atom is 0.255 e. The Morgan fingerprint density at radius 1 is 1.15 bits per heavy atom. The summed E-state index contributed by atoms with van der Waals surface area (Å²) in [6.45, 7) is 6.14. The van der Waals surface area contributed by atoms with Gasteiger partial charge in [-0.2, -0.15) is 0 Å². The Bertz CT molecular complexity index is 736. The SMILES string of the molecule is CC(C)COc1ccc(C(=O)Nc2ccccc2OCC2CCCO2)cc1. The van der Waals surface area contributed by atoms with Gasteiger partial charge < -0.3 is 19.5 Å². The molecule has 1 N–H and O–H groups in total. The third kappa shape index (κ3) is 5.73. The molecular formula is C22H27NO4. The predicted molar refractivity (Wildman–Crippen MR) is 106 cm³/mol. The highest BCUT2D eigenvalue weighted by molar-refractivity contribution is 6.05. The van der Waals surface area contributed by atoms with E-state index in [9.17, 15) is 4.79 Å². The Hall–Kier alpha value is -2.53. The number of para-hydroxylation sites is 2. The first-order valence-electron chi connectivity index (χ1n) is 9.49. The van der Waals surface area contributed by atoms with Gasteiger partial charge >= 0.3 is 0 Å². The van der Waals surface area contributed by atoms with Crippen LogP contribution in [0.25, 0.3) is 0 Å². The molecule has 1 amide bonds. The lowest BCUT2D eigenvalue weighted by molar-refractivity contribution is 0.0682. The summed E-state index contributed by atoms with van der Waals surface area (Å²) >= 11 is 0. The molecule has 1 atom stereocenters. The van der Waals surface area contributed by atoms with Crippen LogP contribution in [0, 0.1) is 5.92 Å². The lowest BCUT2D eigenvalue weighted by Gasteiger charge is -2.15. The van der Waals surface area contributed by atoms with Gasteiger partial charge in [0.1, 0.15) is 18.1 Å². The third-order valence-corrected chi connectivity index (χ3v) is 4.28. The first kappa shape index (κ1) is 19.2. The normalized spacial score (nSPS) is 16.3. The van der Waals surface area contributed by atoms with Crippen LogP contribution in [0.5, 0.6) is 11.5 Å². The molecule has 0 bridgehead atoms. The zero-order valence-corrected chi connectivity index (χ0v) is 15.9. The lowest BCUT2D eigenvalue weighted by atomic mass is 10.2. The molecule has 1 unspecified atom stereocenters. The van der Waals surface area contributed by atoms with E-state index in [1.54, 1.807) is 12.1 Å². The van der Waals surface area contributed by atoms with Gasteiger partial charge in [0.05, 0.1) is 18.4 Å². The van der Waals surface area contributed by atoms with Crippen LogP contribution in [0.1, 0.15) is 37.0 Å². The second kappa shape index (κ2) is 9.42. The highest BCUT2D eigenvalue weighted by Gasteiger charge is 2.17. The van der Waals surface area contributed by atoms with Crippen LogP contribution in [-0.4, -0.2) is 31.8 Å². The molecule has 5 nitrogen and oxygen atoms in total. The number of amides is 1. The summed E-state index contributed by atoms with van der Waals surface area (Å²) in [5.41, 5.74) is 1.22. The van der Waals surface area contributed by atoms with Crippen LogP contribution in [0.3, 0.4) is 0 Å². The van der Waals surface area contributed by atoms with Crippen LogP contribution in [-0.2, 0) is 4.74 Å². The predicted octanol–water partition coefficient (Wildman–Crippen LogP) is 4.53. The Morgan fingerprint density at radius 2 is 1.93 bits per heavy atom. The lowest BCUT2D eigenvalue weighted by Crippen LogP contribution is -2.18. The van der Waals surface area contributed by atoms with Gasteiger partial charge in [0.15, 0.2) is 0 Å². The Labute approximate surface area is 160 Å². The monoisotopic (exact) mass is 369 g/mol. The van der Waals surface area contributed by atoms with E-state index < -0.39 is 0 Å². The van der Waals surface area contributed by atoms with Crippen molar-refractivity contribution in [2.75, 3.05) is 25.1 Å². The van der Waals surface area contributed by atoms with Crippen LogP contribution < -0.4 is 14.8 Å². The largest absolute Gasteiger partial charge is 0.493 e. The Balaban J connectivity index is 1.60. The van der Waals surface area contributed by atoms with Gasteiger partial charge in [-0.15, -0.1) is 0 Å². The van der Waals surface area contributed by atoms with E-state index in [2.05, 4.69) is 19.2 Å². The Morgan fingerprint density at radius 3 is 2.63 bits per heavy atom. The number of hydrogen-bond acceptors (Lipinski definition) is 4. The molecule has 2 aromatic rings. The summed E-state index contributed by atoms with van der Waals surface area (Å²) in [7, 11) is 0. The van der Waals surface area contributed by atoms with Gasteiger partial charge in [0, 0.05) is 12.2 Å². The minimum atomic E-state index is -0.182. The average molecular weight is 369 g/mol. The minimum Gasteiger partial charge on any atom is -0.493 e. The molecule has 0 aliphatic carbocycles. The van der Waals surface area contributed by atoms with Crippen molar-refractivity contribution in [2.24, 2.45) is 5.92 Å². The topological polar surface area (TPSA) is 56.8 Å². The zero-order valence-electron chi connectivity index (χ0n) is 15.9. The number of carbonyl (C=O) groups is 1. The molecule has 1 aliphatic rings. The van der Waals surface area contributed by atoms with Gasteiger partial charge in [-0.1, -0.05) is 26.0 Å². The molecule has 0 saturated carbocycles. The third-order valence-electron chi connectivity index (χ3n) is 4.28. The molecule has 1 heterocycles. The highest BCUT2D eigenvalue weighted by Crippen LogP contribution is 2.26. The number of benzene rings is 2. The molecule has 144 valence electrons. The first-order valence-corrected chi connectivity index (χ1v) is 9.49. The van der Waals surface area contributed by atoms with E-state index in [-0.39, 0.29) is 12.0 Å². The van der Waals surface area contributed by atoms with Crippen molar-refractivity contribution in [3.63, 3.8) is 0 Å². The zero-order chi connectivity index (χ0) is 19.1. The number of carbonyl (C=O) groups excluding carboxylic acids is 1. The molecule has 1 aliphatic heterocycles. The van der Waals surface area contributed by atoms with E-state index in [0.29, 0.717) is 36.1 Å². The van der Waals surface area contributed by atoms with Crippen molar-refractivity contribution in [1.82, 2.24) is 0 Å². The maximum absolute atomic E-state index is 12.6. The van der Waals surface area contributed by atoms with Crippen molar-refractivity contribution in [1.29, 1.82) is 0 Å². The standard InChI is InChI=1S/C22H27NO4/c1-16(2)14-26-18-11-9-17(10-12-18)22(24)23-20-7-3-4-8-21(20)27-15-19-6-5-13-25-19/h3-4,7-12,16,19H,5-6,13-15H2,1-2H3,(H,23,24). The number of ether oxygens (including phenoxy) is 3. The van der Waals surface area contributed by atoms with E-state index >= 15 is 0 Å². The molecule has 27 heavy (non-hydrogen) atoms. The highest BCUT2D eigenvalue weighted by atomic mass is 16.5. The van der Waals surface area contributed by atoms with Crippen LogP contribution in [0.15, 0.2) is 48.5 Å². The first-order chi connectivity index (χ1) is 13.1. The van der Waals surface area contributed by atoms with Gasteiger partial charge in [-0.05, 0) is 55.2 Å². The van der Waals surface area contributed by atoms with E-state index in [4.69, 9.17) is 14.2 Å². The van der Waals surface area contributed by atoms with E-state index in [0.717, 1.165) is 25.2 Å². The fourth-order valence-corrected chi connectivity index (χ4v) is 2.81. The van der Waals surface area contributed by atoms with Gasteiger partial charge in [0.2, 0.25) is 0 Å². The summed E-state index contributed by atoms with van der Waals surface area (Å²) in [6, 6.07) is 14.6. The van der Waals surface area contributed by atoms with Crippen LogP contribution in [0.4, 0.5) is 5.69 Å². The fourth-order valence-electron chi connectivity index (χ4n) is 2.81. The van der Waals surface area contributed by atoms with Crippen molar-refractivity contribution in [2.45, 2.75) is 32.8 Å². The molecule has 5 heteroatoms. The molecule has 0 spiro atoms. The average Bonchev–Trinajstić information content (AvgIpc) is 3.19. The number of anilines is 1. The minimum absolute atomic E-state index is 0.132. The molecule has 1 fully saturated rings. The number of rotatable bonds is 8. The quantitative estimate of drug-likeness (QED) is 0.743. The maximum atomic E-state index is 12.6. The van der Waals surface area contributed by atoms with Gasteiger partial charge in [0.25, 0.3) is 5.91 Å². The van der Waals surface area contributed by atoms with Crippen molar-refractivity contribution in [3.8, 4) is 11.5 Å². The van der Waals surface area contributed by atoms with E-state index in [1.807, 2.05) is 36.4 Å². The summed E-state index contributed by atoms with van der Waals surface area (Å²) in [4.78, 5) is 12.6. The number of nitrogens with one attached hydrogen (secondary N) is 1. The van der Waals surface area contributed by atoms with Crippen molar-refractivity contribution >= 4 is 11.6 Å². The molecule has 2 aromatic carbocycles. The second-order valence-electron chi connectivity index (χ2n) is 7.13. The molecule has 3 rings (SSSR count). The number of hydrogen-bond donors (Lipinski definition) is 1. The Kier molecular flexibility index (Phi) is 6.71. The summed E-state index contributed by atoms with van der Waals surface area (Å²) in [5, 5.41) is 2.93. The summed E-state index contributed by atoms with van der Waals surface area (Å²) < 4.78 is 17.1. The summed E-state index contributed by atoms with van der Waals surface area (Å²) in [5.74, 6) is 1.69. The fraction of sp³-hybridized carbons (Fsp3) is 0.409. The van der Waals surface area contributed by atoms with Gasteiger partial charge in [-0.25, -0.2) is 0 Å². The molecular weight excluding hydrogens is 342 g/mol. The summed E-state index contributed by atoms with van der Waals surface area (Å²) in [6.07, 6.45) is 2.22. The molecule has 0 aromatic heterocycles. The van der Waals surface area contributed by atoms with Crippen LogP contribution in [0.2, 0.25) is 0 Å². The van der Waals surface area contributed by atoms with E-state index in [1.165, 1.54) is 0 Å². The van der Waals surface area contributed by atoms with Crippen molar-refractivity contribution in [3.05, 3.63) is 54.1 Å². The van der Waals surface area contributed by atoms with Crippen molar-refractivity contribution < 1.29 is 19.0 Å². The van der Waals surface area contributed by atoms with Crippen LogP contribution >= 0.6 is 0 Å². The second-order valence-corrected chi connectivity index (χ2v) is 7.13. The molecule has 0 radical (unpaired) electrons. The van der Waals surface area contributed by atoms with Gasteiger partial charge in [-0.3, -0.25) is 4.79 Å². The molecule has 1 saturated heterocycles. The smallest absolute Gasteiger partial charge is 0.255 e.